The summed E-state index contributed by atoms with van der Waals surface area (Å²) in [5.74, 6) is 2.98. The molecule has 0 aliphatic carbocycles. The molecule has 1 unspecified atom stereocenters. The van der Waals surface area contributed by atoms with E-state index in [2.05, 4.69) is 18.7 Å². The highest BCUT2D eigenvalue weighted by Crippen LogP contribution is 2.27. The zero-order chi connectivity index (χ0) is 13.9. The molecule has 0 fully saturated rings. The molecule has 0 aliphatic heterocycles. The van der Waals surface area contributed by atoms with E-state index in [-0.39, 0.29) is 0 Å². The molecule has 0 heterocycles. The Hall–Kier alpha value is -0.490. The predicted molar refractivity (Wildman–Crippen MR) is 89.1 cm³/mol. The zero-order valence-corrected chi connectivity index (χ0v) is 13.4. The van der Waals surface area contributed by atoms with E-state index in [9.17, 15) is 4.55 Å². The van der Waals surface area contributed by atoms with Crippen molar-refractivity contribution in [1.29, 1.82) is 0 Å². The number of rotatable bonds is 9. The molecule has 0 bridgehead atoms. The van der Waals surface area contributed by atoms with Gasteiger partial charge in [-0.25, -0.2) is 0 Å². The standard InChI is InChI=1S/C14H18O2S3/c1-3-10-19(15)11-4-9-17-18-12-13-5-7-14(16-2)8-6-13/h3-9H,1,10-12H2,2H3/b9-4-. The van der Waals surface area contributed by atoms with Gasteiger partial charge < -0.3 is 9.29 Å². The third kappa shape index (κ3) is 7.62. The van der Waals surface area contributed by atoms with Crippen LogP contribution in [0.15, 0.2) is 48.4 Å². The van der Waals surface area contributed by atoms with Crippen LogP contribution in [0, 0.1) is 0 Å². The monoisotopic (exact) mass is 314 g/mol. The Morgan fingerprint density at radius 3 is 2.68 bits per heavy atom. The molecule has 104 valence electrons. The van der Waals surface area contributed by atoms with Crippen molar-refractivity contribution in [3.8, 4) is 5.75 Å². The molecule has 0 spiro atoms. The molecule has 0 radical (unpaired) electrons. The van der Waals surface area contributed by atoms with Crippen molar-refractivity contribution in [3.05, 3.63) is 54.0 Å². The first kappa shape index (κ1) is 16.6. The topological polar surface area (TPSA) is 32.3 Å². The van der Waals surface area contributed by atoms with Crippen LogP contribution in [0.2, 0.25) is 0 Å². The molecule has 0 aliphatic rings. The van der Waals surface area contributed by atoms with Crippen LogP contribution < -0.4 is 4.74 Å². The quantitative estimate of drug-likeness (QED) is 0.298. The molecule has 19 heavy (non-hydrogen) atoms. The maximum absolute atomic E-state index is 11.3. The summed E-state index contributed by atoms with van der Waals surface area (Å²) in [5, 5.41) is 2.00. The SMILES string of the molecule is C=CC[S+]([O-])C/C=C\SSCc1ccc(OC)cc1. The van der Waals surface area contributed by atoms with Gasteiger partial charge in [0.05, 0.1) is 7.11 Å². The maximum Gasteiger partial charge on any atom is 0.124 e. The second-order valence-corrected chi connectivity index (χ2v) is 7.46. The Labute approximate surface area is 126 Å². The summed E-state index contributed by atoms with van der Waals surface area (Å²) in [5.41, 5.74) is 1.27. The van der Waals surface area contributed by atoms with Crippen LogP contribution in [0.1, 0.15) is 5.56 Å². The fraction of sp³-hybridized carbons (Fsp3) is 0.286. The van der Waals surface area contributed by atoms with E-state index < -0.39 is 11.2 Å². The zero-order valence-electron chi connectivity index (χ0n) is 10.9. The number of ether oxygens (including phenoxy) is 1. The maximum atomic E-state index is 11.3. The lowest BCUT2D eigenvalue weighted by Gasteiger charge is -2.04. The number of hydrogen-bond acceptors (Lipinski definition) is 4. The minimum Gasteiger partial charge on any atom is -0.616 e. The molecule has 2 nitrogen and oxygen atoms in total. The summed E-state index contributed by atoms with van der Waals surface area (Å²) >= 11 is -0.807. The largest absolute Gasteiger partial charge is 0.616 e. The molecule has 1 rings (SSSR count). The Morgan fingerprint density at radius 1 is 1.32 bits per heavy atom. The van der Waals surface area contributed by atoms with Crippen LogP contribution in [0.4, 0.5) is 0 Å². The van der Waals surface area contributed by atoms with Gasteiger partial charge >= 0.3 is 0 Å². The van der Waals surface area contributed by atoms with E-state index in [0.29, 0.717) is 11.5 Å². The number of benzene rings is 1. The van der Waals surface area contributed by atoms with Crippen LogP contribution in [-0.4, -0.2) is 23.2 Å². The third-order valence-corrected chi connectivity index (χ3v) is 5.35. The van der Waals surface area contributed by atoms with Gasteiger partial charge in [0.25, 0.3) is 0 Å². The lowest BCUT2D eigenvalue weighted by atomic mass is 10.2. The predicted octanol–water partition coefficient (Wildman–Crippen LogP) is 4.03. The average molecular weight is 314 g/mol. The van der Waals surface area contributed by atoms with Gasteiger partial charge in [-0.05, 0) is 46.4 Å². The molecule has 0 saturated heterocycles. The van der Waals surface area contributed by atoms with Crippen LogP contribution in [-0.2, 0) is 16.9 Å². The molecule has 0 amide bonds. The van der Waals surface area contributed by atoms with Crippen LogP contribution in [0.3, 0.4) is 0 Å². The van der Waals surface area contributed by atoms with Crippen molar-refractivity contribution in [2.45, 2.75) is 5.75 Å². The van der Waals surface area contributed by atoms with Crippen LogP contribution in [0.5, 0.6) is 5.75 Å². The smallest absolute Gasteiger partial charge is 0.124 e. The first-order chi connectivity index (χ1) is 9.26. The number of hydrogen-bond donors (Lipinski definition) is 0. The van der Waals surface area contributed by atoms with Gasteiger partial charge in [0.1, 0.15) is 17.3 Å². The molecule has 1 aromatic carbocycles. The highest BCUT2D eigenvalue weighted by atomic mass is 33.1. The van der Waals surface area contributed by atoms with Crippen LogP contribution in [0.25, 0.3) is 0 Å². The lowest BCUT2D eigenvalue weighted by Crippen LogP contribution is -2.06. The molecule has 1 atom stereocenters. The fourth-order valence-corrected chi connectivity index (χ4v) is 3.81. The molecule has 0 aromatic heterocycles. The average Bonchev–Trinajstić information content (AvgIpc) is 2.43. The molecule has 5 heteroatoms. The summed E-state index contributed by atoms with van der Waals surface area (Å²) in [7, 11) is 5.08. The fourth-order valence-electron chi connectivity index (χ4n) is 1.25. The molecule has 1 aromatic rings. The van der Waals surface area contributed by atoms with Crippen molar-refractivity contribution in [2.75, 3.05) is 18.6 Å². The first-order valence-electron chi connectivity index (χ1n) is 5.78. The van der Waals surface area contributed by atoms with Gasteiger partial charge in [0.2, 0.25) is 0 Å². The van der Waals surface area contributed by atoms with Gasteiger partial charge in [0, 0.05) is 5.75 Å². The second kappa shape index (κ2) is 10.3. The van der Waals surface area contributed by atoms with Crippen molar-refractivity contribution in [1.82, 2.24) is 0 Å². The van der Waals surface area contributed by atoms with E-state index in [1.165, 1.54) is 5.56 Å². The summed E-state index contributed by atoms with van der Waals surface area (Å²) in [6, 6.07) is 8.06. The van der Waals surface area contributed by atoms with Gasteiger partial charge in [-0.15, -0.1) is 0 Å². The van der Waals surface area contributed by atoms with Gasteiger partial charge in [0.15, 0.2) is 0 Å². The third-order valence-electron chi connectivity index (χ3n) is 2.19. The van der Waals surface area contributed by atoms with Gasteiger partial charge in [-0.3, -0.25) is 0 Å². The second-order valence-electron chi connectivity index (χ2n) is 3.64. The van der Waals surface area contributed by atoms with Crippen molar-refractivity contribution in [3.63, 3.8) is 0 Å². The van der Waals surface area contributed by atoms with Crippen molar-refractivity contribution >= 4 is 32.8 Å². The van der Waals surface area contributed by atoms with E-state index in [0.717, 1.165) is 11.5 Å². The molecule has 0 N–H and O–H groups in total. The number of methoxy groups -OCH3 is 1. The summed E-state index contributed by atoms with van der Waals surface area (Å²) < 4.78 is 16.4. The minimum absolute atomic E-state index is 0.563. The Balaban J connectivity index is 2.16. The first-order valence-corrected chi connectivity index (χ1v) is 9.65. The highest BCUT2D eigenvalue weighted by molar-refractivity contribution is 8.77. The minimum atomic E-state index is -0.807. The Kier molecular flexibility index (Phi) is 8.99. The Morgan fingerprint density at radius 2 is 2.05 bits per heavy atom. The van der Waals surface area contributed by atoms with Crippen molar-refractivity contribution < 1.29 is 9.29 Å². The normalized spacial score (nSPS) is 12.5. The van der Waals surface area contributed by atoms with E-state index in [1.54, 1.807) is 34.8 Å². The molecule has 0 saturated carbocycles. The van der Waals surface area contributed by atoms with E-state index in [1.807, 2.05) is 23.6 Å². The summed E-state index contributed by atoms with van der Waals surface area (Å²) in [6.45, 7) is 3.57. The molecular formula is C14H18O2S3. The van der Waals surface area contributed by atoms with E-state index in [4.69, 9.17) is 4.74 Å². The molecular weight excluding hydrogens is 296 g/mol. The van der Waals surface area contributed by atoms with Gasteiger partial charge in [-0.2, -0.15) is 0 Å². The lowest BCUT2D eigenvalue weighted by molar-refractivity contribution is 0.414. The highest BCUT2D eigenvalue weighted by Gasteiger charge is 1.98. The summed E-state index contributed by atoms with van der Waals surface area (Å²) in [6.07, 6.45) is 3.64. The van der Waals surface area contributed by atoms with E-state index >= 15 is 0 Å². The van der Waals surface area contributed by atoms with Gasteiger partial charge in [-0.1, -0.05) is 40.3 Å². The Bertz CT molecular complexity index is 390. The summed E-state index contributed by atoms with van der Waals surface area (Å²) in [4.78, 5) is 0. The van der Waals surface area contributed by atoms with Crippen LogP contribution >= 0.6 is 21.6 Å². The van der Waals surface area contributed by atoms with Crippen molar-refractivity contribution in [2.24, 2.45) is 0 Å².